The Kier molecular flexibility index (Phi) is 7.33. The molecule has 0 saturated heterocycles. The second kappa shape index (κ2) is 8.04. The molecule has 1 rings (SSSR count). The molecule has 0 bridgehead atoms. The highest BCUT2D eigenvalue weighted by Crippen LogP contribution is 2.06. The predicted octanol–water partition coefficient (Wildman–Crippen LogP) is 2.08. The average molecular weight is 181 g/mol. The van der Waals surface area contributed by atoms with Gasteiger partial charge in [-0.3, -0.25) is 0 Å². The molecule has 0 radical (unpaired) electrons. The summed E-state index contributed by atoms with van der Waals surface area (Å²) in [6, 6.07) is 11.2. The zero-order valence-corrected chi connectivity index (χ0v) is 8.18. The Morgan fingerprint density at radius 1 is 1.33 bits per heavy atom. The van der Waals surface area contributed by atoms with Crippen LogP contribution in [0.1, 0.15) is 0 Å². The van der Waals surface area contributed by atoms with Crippen molar-refractivity contribution in [2.24, 2.45) is 0 Å². The molecule has 1 unspecified atom stereocenters. The van der Waals surface area contributed by atoms with Crippen LogP contribution in [0, 0.1) is 11.3 Å². The lowest BCUT2D eigenvalue weighted by Gasteiger charge is -1.97. The van der Waals surface area contributed by atoms with Gasteiger partial charge in [-0.2, -0.15) is 5.26 Å². The Morgan fingerprint density at radius 3 is 2.42 bits per heavy atom. The SMILES string of the molecule is CP.N#CCOc1ccccc1. The van der Waals surface area contributed by atoms with Crippen LogP contribution in [-0.2, 0) is 0 Å². The van der Waals surface area contributed by atoms with Gasteiger partial charge in [0, 0.05) is 0 Å². The maximum Gasteiger partial charge on any atom is 0.174 e. The van der Waals surface area contributed by atoms with E-state index in [0.717, 1.165) is 5.75 Å². The molecule has 0 aromatic heterocycles. The van der Waals surface area contributed by atoms with Crippen molar-refractivity contribution >= 4 is 9.24 Å². The zero-order chi connectivity index (χ0) is 9.23. The van der Waals surface area contributed by atoms with Crippen LogP contribution in [0.4, 0.5) is 0 Å². The van der Waals surface area contributed by atoms with Gasteiger partial charge in [-0.05, 0) is 12.1 Å². The van der Waals surface area contributed by atoms with Crippen LogP contribution in [-0.4, -0.2) is 13.3 Å². The number of hydrogen-bond acceptors (Lipinski definition) is 2. The van der Waals surface area contributed by atoms with Crippen LogP contribution in [0.5, 0.6) is 5.75 Å². The minimum absolute atomic E-state index is 0.115. The molecule has 0 N–H and O–H groups in total. The molecule has 64 valence electrons. The molecular weight excluding hydrogens is 169 g/mol. The number of hydrogen-bond donors (Lipinski definition) is 0. The van der Waals surface area contributed by atoms with Gasteiger partial charge in [-0.1, -0.05) is 24.9 Å². The Balaban J connectivity index is 0.000000561. The van der Waals surface area contributed by atoms with Crippen LogP contribution < -0.4 is 4.74 Å². The first-order chi connectivity index (χ1) is 5.93. The molecule has 0 spiro atoms. The number of nitrogens with zero attached hydrogens (tertiary/aromatic N) is 1. The van der Waals surface area contributed by atoms with E-state index in [4.69, 9.17) is 10.00 Å². The number of ether oxygens (including phenoxy) is 1. The van der Waals surface area contributed by atoms with E-state index in [1.54, 1.807) is 0 Å². The van der Waals surface area contributed by atoms with Crippen molar-refractivity contribution < 1.29 is 4.74 Å². The second-order valence-corrected chi connectivity index (χ2v) is 1.76. The van der Waals surface area contributed by atoms with E-state index in [2.05, 4.69) is 9.24 Å². The summed E-state index contributed by atoms with van der Waals surface area (Å²) < 4.78 is 4.99. The van der Waals surface area contributed by atoms with Crippen molar-refractivity contribution in [3.05, 3.63) is 30.3 Å². The summed E-state index contributed by atoms with van der Waals surface area (Å²) in [6.07, 6.45) is 0. The molecule has 0 saturated carbocycles. The van der Waals surface area contributed by atoms with Crippen molar-refractivity contribution in [1.82, 2.24) is 0 Å². The monoisotopic (exact) mass is 181 g/mol. The summed E-state index contributed by atoms with van der Waals surface area (Å²) in [5.74, 6) is 0.740. The van der Waals surface area contributed by atoms with Gasteiger partial charge >= 0.3 is 0 Å². The second-order valence-electron chi connectivity index (χ2n) is 1.76. The van der Waals surface area contributed by atoms with Gasteiger partial charge in [0.05, 0.1) is 0 Å². The van der Waals surface area contributed by atoms with Gasteiger partial charge < -0.3 is 4.74 Å². The number of rotatable bonds is 2. The molecule has 12 heavy (non-hydrogen) atoms. The fourth-order valence-electron chi connectivity index (χ4n) is 0.632. The van der Waals surface area contributed by atoms with E-state index in [1.165, 1.54) is 0 Å². The maximum absolute atomic E-state index is 8.15. The standard InChI is InChI=1S/C8H7NO.CH5P/c9-6-7-10-8-4-2-1-3-5-8;1-2/h1-5H,7H2;2H2,1H3. The normalized spacial score (nSPS) is 7.42. The molecular formula is C9H12NOP. The highest BCUT2D eigenvalue weighted by Gasteiger charge is 1.86. The van der Waals surface area contributed by atoms with Gasteiger partial charge in [-0.15, -0.1) is 9.24 Å². The van der Waals surface area contributed by atoms with Crippen molar-refractivity contribution in [1.29, 1.82) is 5.26 Å². The molecule has 0 aliphatic carbocycles. The predicted molar refractivity (Wildman–Crippen MR) is 53.2 cm³/mol. The molecule has 0 aliphatic heterocycles. The van der Waals surface area contributed by atoms with E-state index in [0.29, 0.717) is 0 Å². The van der Waals surface area contributed by atoms with E-state index in [9.17, 15) is 0 Å². The average Bonchev–Trinajstić information content (AvgIpc) is 2.19. The Morgan fingerprint density at radius 2 is 1.92 bits per heavy atom. The Labute approximate surface area is 75.4 Å². The Bertz CT molecular complexity index is 230. The van der Waals surface area contributed by atoms with Gasteiger partial charge in [0.2, 0.25) is 0 Å². The van der Waals surface area contributed by atoms with Crippen molar-refractivity contribution in [2.45, 2.75) is 0 Å². The third-order valence-corrected chi connectivity index (χ3v) is 1.05. The first-order valence-electron chi connectivity index (χ1n) is 3.56. The molecule has 0 amide bonds. The largest absolute Gasteiger partial charge is 0.479 e. The molecule has 1 aromatic carbocycles. The van der Waals surface area contributed by atoms with E-state index in [-0.39, 0.29) is 6.61 Å². The quantitative estimate of drug-likeness (QED) is 0.654. The first kappa shape index (κ1) is 10.9. The third-order valence-electron chi connectivity index (χ3n) is 1.05. The molecule has 0 aliphatic rings. The van der Waals surface area contributed by atoms with Crippen LogP contribution in [0.15, 0.2) is 30.3 Å². The van der Waals surface area contributed by atoms with Crippen LogP contribution in [0.25, 0.3) is 0 Å². The molecule has 0 fully saturated rings. The summed E-state index contributed by atoms with van der Waals surface area (Å²) >= 11 is 0. The minimum Gasteiger partial charge on any atom is -0.479 e. The van der Waals surface area contributed by atoms with E-state index >= 15 is 0 Å². The Hall–Kier alpha value is -1.06. The van der Waals surface area contributed by atoms with Crippen LogP contribution in [0.2, 0.25) is 0 Å². The van der Waals surface area contributed by atoms with Gasteiger partial charge in [0.25, 0.3) is 0 Å². The highest BCUT2D eigenvalue weighted by atomic mass is 31.0. The third kappa shape index (κ3) is 4.71. The van der Waals surface area contributed by atoms with Crippen LogP contribution >= 0.6 is 9.24 Å². The van der Waals surface area contributed by atoms with Crippen molar-refractivity contribution in [3.63, 3.8) is 0 Å². The molecule has 1 aromatic rings. The summed E-state index contributed by atoms with van der Waals surface area (Å²) in [7, 11) is 2.42. The molecule has 0 heterocycles. The smallest absolute Gasteiger partial charge is 0.174 e. The van der Waals surface area contributed by atoms with Crippen molar-refractivity contribution in [3.8, 4) is 11.8 Å². The fraction of sp³-hybridized carbons (Fsp3) is 0.222. The fourth-order valence-corrected chi connectivity index (χ4v) is 0.632. The van der Waals surface area contributed by atoms with Crippen LogP contribution in [0.3, 0.4) is 0 Å². The summed E-state index contributed by atoms with van der Waals surface area (Å²) in [5.41, 5.74) is 0. The lowest BCUT2D eigenvalue weighted by molar-refractivity contribution is 0.368. The van der Waals surface area contributed by atoms with E-state index in [1.807, 2.05) is 43.1 Å². The first-order valence-corrected chi connectivity index (χ1v) is 4.71. The van der Waals surface area contributed by atoms with Gasteiger partial charge in [0.1, 0.15) is 11.8 Å². The topological polar surface area (TPSA) is 33.0 Å². The minimum atomic E-state index is 0.115. The van der Waals surface area contributed by atoms with Gasteiger partial charge in [0.15, 0.2) is 6.61 Å². The molecule has 3 heteroatoms. The van der Waals surface area contributed by atoms with E-state index < -0.39 is 0 Å². The number of nitriles is 1. The highest BCUT2D eigenvalue weighted by molar-refractivity contribution is 7.15. The summed E-state index contributed by atoms with van der Waals surface area (Å²) in [4.78, 5) is 0. The molecule has 1 atom stereocenters. The lowest BCUT2D eigenvalue weighted by atomic mass is 10.3. The molecule has 2 nitrogen and oxygen atoms in total. The van der Waals surface area contributed by atoms with Gasteiger partial charge in [-0.25, -0.2) is 0 Å². The number of para-hydroxylation sites is 1. The maximum atomic E-state index is 8.15. The number of benzene rings is 1. The lowest BCUT2D eigenvalue weighted by Crippen LogP contribution is -1.91. The summed E-state index contributed by atoms with van der Waals surface area (Å²) in [6.45, 7) is 2.03. The summed E-state index contributed by atoms with van der Waals surface area (Å²) in [5, 5.41) is 8.15. The van der Waals surface area contributed by atoms with Crippen molar-refractivity contribution in [2.75, 3.05) is 13.3 Å². The zero-order valence-electron chi connectivity index (χ0n) is 7.03.